The summed E-state index contributed by atoms with van der Waals surface area (Å²) < 4.78 is 0. The summed E-state index contributed by atoms with van der Waals surface area (Å²) in [6.45, 7) is 4.73. The summed E-state index contributed by atoms with van der Waals surface area (Å²) in [5, 5.41) is 8.91. The van der Waals surface area contributed by atoms with Crippen LogP contribution in [0.15, 0.2) is 152 Å². The summed E-state index contributed by atoms with van der Waals surface area (Å²) in [6, 6.07) is 55.8. The normalized spacial score (nSPS) is 13.3. The highest BCUT2D eigenvalue weighted by atomic mass is 32.1. The third-order valence-corrected chi connectivity index (χ3v) is 10.8. The van der Waals surface area contributed by atoms with Crippen LogP contribution in [0.1, 0.15) is 25.0 Å². The van der Waals surface area contributed by atoms with Gasteiger partial charge < -0.3 is 4.90 Å². The van der Waals surface area contributed by atoms with E-state index < -0.39 is 0 Å². The van der Waals surface area contributed by atoms with Crippen LogP contribution in [0.4, 0.5) is 16.4 Å². The molecule has 0 unspecified atom stereocenters. The quantitative estimate of drug-likeness (QED) is 0.184. The molecule has 2 heteroatoms. The first kappa shape index (κ1) is 26.2. The molecular formula is C43H31NS. The van der Waals surface area contributed by atoms with E-state index in [1.165, 1.54) is 81.4 Å². The Morgan fingerprint density at radius 3 is 1.84 bits per heavy atom. The number of anilines is 3. The predicted molar refractivity (Wildman–Crippen MR) is 195 cm³/mol. The summed E-state index contributed by atoms with van der Waals surface area (Å²) in [6.07, 6.45) is 0. The number of fused-ring (bicyclic) bond motifs is 9. The van der Waals surface area contributed by atoms with Crippen LogP contribution in [0.3, 0.4) is 0 Å². The molecule has 0 saturated carbocycles. The van der Waals surface area contributed by atoms with E-state index in [1.807, 2.05) is 11.3 Å². The third-order valence-electron chi connectivity index (χ3n) is 9.68. The van der Waals surface area contributed by atoms with Crippen LogP contribution in [0.2, 0.25) is 0 Å². The molecule has 0 spiro atoms. The fourth-order valence-electron chi connectivity index (χ4n) is 7.54. The molecule has 214 valence electrons. The molecule has 7 aromatic carbocycles. The third kappa shape index (κ3) is 3.92. The topological polar surface area (TPSA) is 3.24 Å². The first-order valence-electron chi connectivity index (χ1n) is 15.6. The minimum atomic E-state index is -0.0834. The van der Waals surface area contributed by atoms with Crippen LogP contribution in [0, 0.1) is 0 Å². The number of hydrogen-bond acceptors (Lipinski definition) is 2. The molecule has 9 rings (SSSR count). The molecule has 1 aliphatic carbocycles. The molecular weight excluding hydrogens is 563 g/mol. The zero-order valence-electron chi connectivity index (χ0n) is 25.3. The number of benzene rings is 7. The lowest BCUT2D eigenvalue weighted by Gasteiger charge is -2.28. The van der Waals surface area contributed by atoms with Gasteiger partial charge in [0.15, 0.2) is 0 Å². The van der Waals surface area contributed by atoms with Gasteiger partial charge in [0.05, 0.1) is 5.69 Å². The molecule has 0 bridgehead atoms. The van der Waals surface area contributed by atoms with Crippen molar-refractivity contribution in [3.63, 3.8) is 0 Å². The van der Waals surface area contributed by atoms with E-state index in [1.54, 1.807) is 0 Å². The van der Waals surface area contributed by atoms with Gasteiger partial charge in [0.2, 0.25) is 0 Å². The van der Waals surface area contributed by atoms with Crippen LogP contribution in [-0.4, -0.2) is 0 Å². The lowest BCUT2D eigenvalue weighted by molar-refractivity contribution is 0.660. The monoisotopic (exact) mass is 593 g/mol. The highest BCUT2D eigenvalue weighted by Gasteiger charge is 2.36. The van der Waals surface area contributed by atoms with Crippen LogP contribution in [-0.2, 0) is 5.41 Å². The zero-order chi connectivity index (χ0) is 30.1. The molecule has 0 atom stereocenters. The van der Waals surface area contributed by atoms with Crippen molar-refractivity contribution in [1.82, 2.24) is 0 Å². The van der Waals surface area contributed by atoms with Crippen molar-refractivity contribution in [3.8, 4) is 21.6 Å². The predicted octanol–water partition coefficient (Wildman–Crippen LogP) is 12.7. The number of hydrogen-bond donors (Lipinski definition) is 0. The SMILES string of the molecule is CC1(C)c2ccccc2-c2ccc(N(c3ccc(-c4ccccc4)s3)c3cccc4c5ccccc5c5ccccc5c34)cc21. The summed E-state index contributed by atoms with van der Waals surface area (Å²) in [5.74, 6) is 0. The van der Waals surface area contributed by atoms with E-state index in [9.17, 15) is 0 Å². The Morgan fingerprint density at radius 2 is 1.09 bits per heavy atom. The highest BCUT2D eigenvalue weighted by Crippen LogP contribution is 2.52. The second kappa shape index (κ2) is 9.92. The Labute approximate surface area is 267 Å². The largest absolute Gasteiger partial charge is 0.301 e. The van der Waals surface area contributed by atoms with E-state index in [0.29, 0.717) is 0 Å². The first-order valence-corrected chi connectivity index (χ1v) is 16.4. The summed E-state index contributed by atoms with van der Waals surface area (Å²) >= 11 is 1.85. The second-order valence-corrected chi connectivity index (χ2v) is 13.6. The second-order valence-electron chi connectivity index (χ2n) is 12.5. The summed E-state index contributed by atoms with van der Waals surface area (Å²) in [5.41, 5.74) is 9.00. The Hall–Kier alpha value is -5.18. The van der Waals surface area contributed by atoms with E-state index in [4.69, 9.17) is 0 Å². The molecule has 1 aliphatic rings. The maximum atomic E-state index is 2.50. The molecule has 1 aromatic heterocycles. The molecule has 0 amide bonds. The van der Waals surface area contributed by atoms with E-state index in [2.05, 4.69) is 170 Å². The van der Waals surface area contributed by atoms with E-state index in [-0.39, 0.29) is 5.41 Å². The minimum absolute atomic E-state index is 0.0834. The van der Waals surface area contributed by atoms with Crippen LogP contribution in [0.25, 0.3) is 53.9 Å². The van der Waals surface area contributed by atoms with Gasteiger partial charge in [-0.05, 0) is 85.1 Å². The Bertz CT molecular complexity index is 2370. The van der Waals surface area contributed by atoms with Gasteiger partial charge in [-0.3, -0.25) is 0 Å². The van der Waals surface area contributed by atoms with E-state index in [0.717, 1.165) is 0 Å². The van der Waals surface area contributed by atoms with Crippen molar-refractivity contribution in [2.24, 2.45) is 0 Å². The van der Waals surface area contributed by atoms with Gasteiger partial charge in [-0.2, -0.15) is 0 Å². The number of nitrogens with zero attached hydrogens (tertiary/aromatic N) is 1. The lowest BCUT2D eigenvalue weighted by Crippen LogP contribution is -2.16. The molecule has 8 aromatic rings. The van der Waals surface area contributed by atoms with Crippen molar-refractivity contribution in [2.75, 3.05) is 4.90 Å². The molecule has 1 nitrogen and oxygen atoms in total. The molecule has 0 radical (unpaired) electrons. The standard InChI is InChI=1S/C43H31NS/c1-43(2)37-21-11-10-18-33(37)34-24-23-29(27-38(34)43)44(41-26-25-40(45-41)28-13-4-3-5-14-28)39-22-12-20-36-32-16-7-6-15-30(32)31-17-8-9-19-35(31)42(36)39/h3-27H,1-2H3. The molecule has 1 heterocycles. The first-order chi connectivity index (χ1) is 22.1. The highest BCUT2D eigenvalue weighted by molar-refractivity contribution is 7.19. The number of thiophene rings is 1. The summed E-state index contributed by atoms with van der Waals surface area (Å²) in [7, 11) is 0. The maximum absolute atomic E-state index is 2.50. The van der Waals surface area contributed by atoms with Crippen molar-refractivity contribution in [1.29, 1.82) is 0 Å². The smallest absolute Gasteiger partial charge is 0.101 e. The fourth-order valence-corrected chi connectivity index (χ4v) is 8.59. The van der Waals surface area contributed by atoms with Gasteiger partial charge in [0.1, 0.15) is 5.00 Å². The molecule has 0 fully saturated rings. The van der Waals surface area contributed by atoms with Gasteiger partial charge >= 0.3 is 0 Å². The molecule has 45 heavy (non-hydrogen) atoms. The number of rotatable bonds is 4. The Balaban J connectivity index is 1.35. The van der Waals surface area contributed by atoms with Crippen molar-refractivity contribution >= 4 is 60.0 Å². The van der Waals surface area contributed by atoms with Gasteiger partial charge in [0.25, 0.3) is 0 Å². The minimum Gasteiger partial charge on any atom is -0.301 e. The lowest BCUT2D eigenvalue weighted by atomic mass is 9.82. The maximum Gasteiger partial charge on any atom is 0.101 e. The van der Waals surface area contributed by atoms with E-state index >= 15 is 0 Å². The average Bonchev–Trinajstić information content (AvgIpc) is 3.66. The Kier molecular flexibility index (Phi) is 5.78. The molecule has 0 saturated heterocycles. The van der Waals surface area contributed by atoms with Crippen molar-refractivity contribution in [2.45, 2.75) is 19.3 Å². The van der Waals surface area contributed by atoms with Crippen LogP contribution in [0.5, 0.6) is 0 Å². The summed E-state index contributed by atoms with van der Waals surface area (Å²) in [4.78, 5) is 3.76. The van der Waals surface area contributed by atoms with Gasteiger partial charge in [-0.25, -0.2) is 0 Å². The molecule has 0 N–H and O–H groups in total. The van der Waals surface area contributed by atoms with Crippen molar-refractivity contribution in [3.05, 3.63) is 163 Å². The van der Waals surface area contributed by atoms with Gasteiger partial charge in [-0.15, -0.1) is 11.3 Å². The van der Waals surface area contributed by atoms with Gasteiger partial charge in [0, 0.05) is 21.4 Å². The Morgan fingerprint density at radius 1 is 0.489 bits per heavy atom. The van der Waals surface area contributed by atoms with Crippen molar-refractivity contribution < 1.29 is 0 Å². The molecule has 0 aliphatic heterocycles. The van der Waals surface area contributed by atoms with Crippen LogP contribution >= 0.6 is 11.3 Å². The zero-order valence-corrected chi connectivity index (χ0v) is 26.1. The van der Waals surface area contributed by atoms with Gasteiger partial charge in [-0.1, -0.05) is 135 Å². The average molecular weight is 594 g/mol. The van der Waals surface area contributed by atoms with Crippen LogP contribution < -0.4 is 4.90 Å². The fraction of sp³-hybridized carbons (Fsp3) is 0.0698.